The van der Waals surface area contributed by atoms with Crippen molar-refractivity contribution in [2.45, 2.75) is 330 Å². The Morgan fingerprint density at radius 2 is 0.719 bits per heavy atom. The minimum absolute atomic E-state index is 0.222. The Hall–Kier alpha value is -3.81. The van der Waals surface area contributed by atoms with E-state index in [-0.39, 0.29) is 18.9 Å². The molecule has 0 spiro atoms. The van der Waals surface area contributed by atoms with Crippen LogP contribution in [0, 0.1) is 0 Å². The van der Waals surface area contributed by atoms with Gasteiger partial charge in [0.1, 0.15) is 73.2 Å². The highest BCUT2D eigenvalue weighted by atomic mass is 16.8. The Morgan fingerprint density at radius 1 is 0.385 bits per heavy atom. The molecule has 0 bridgehead atoms. The molecule has 3 rings (SSSR count). The van der Waals surface area contributed by atoms with Gasteiger partial charge in [-0.05, 0) is 89.9 Å². The molecule has 0 aromatic rings. The van der Waals surface area contributed by atoms with Gasteiger partial charge in [0.25, 0.3) is 0 Å². The van der Waals surface area contributed by atoms with E-state index in [0.717, 1.165) is 128 Å². The summed E-state index contributed by atoms with van der Waals surface area (Å²) in [4.78, 5) is 13.4. The molecule has 0 aliphatic carbocycles. The third-order valence-electron chi connectivity index (χ3n) is 17.5. The molecular weight excluding hydrogens is 1230 g/mol. The monoisotopic (exact) mass is 1360 g/mol. The molecule has 1 amide bonds. The summed E-state index contributed by atoms with van der Waals surface area (Å²) in [6, 6.07) is -0.988. The first kappa shape index (κ1) is 86.4. The maximum Gasteiger partial charge on any atom is 0.220 e. The van der Waals surface area contributed by atoms with Crippen molar-refractivity contribution < 1.29 is 89.4 Å². The molecule has 550 valence electrons. The van der Waals surface area contributed by atoms with Gasteiger partial charge in [0, 0.05) is 6.42 Å². The Balaban J connectivity index is 1.39. The number of carbonyl (C=O) groups is 1. The number of unbranched alkanes of at least 4 members (excludes halogenated alkanes) is 21. The van der Waals surface area contributed by atoms with Crippen LogP contribution >= 0.6 is 0 Å². The quantitative estimate of drug-likeness (QED) is 0.0199. The summed E-state index contributed by atoms with van der Waals surface area (Å²) in [7, 11) is 0. The smallest absolute Gasteiger partial charge is 0.220 e. The summed E-state index contributed by atoms with van der Waals surface area (Å²) in [6.07, 6.45) is 51.7. The Morgan fingerprint density at radius 3 is 1.12 bits per heavy atom. The average molecular weight is 1360 g/mol. The third kappa shape index (κ3) is 37.6. The summed E-state index contributed by atoms with van der Waals surface area (Å²) in [6.45, 7) is 1.60. The fourth-order valence-electron chi connectivity index (χ4n) is 11.6. The molecule has 0 saturated carbocycles. The van der Waals surface area contributed by atoms with Crippen LogP contribution in [0.1, 0.15) is 226 Å². The molecule has 17 atom stereocenters. The Bertz CT molecular complexity index is 2210. The molecule has 0 radical (unpaired) electrons. The number of nitrogens with one attached hydrogen (secondary N) is 1. The fourth-order valence-corrected chi connectivity index (χ4v) is 11.6. The molecule has 19 nitrogen and oxygen atoms in total. The van der Waals surface area contributed by atoms with E-state index in [1.165, 1.54) is 70.6 Å². The number of carbonyl (C=O) groups excluding carboxylic acids is 1. The van der Waals surface area contributed by atoms with Gasteiger partial charge in [-0.15, -0.1) is 0 Å². The minimum Gasteiger partial charge on any atom is -0.394 e. The summed E-state index contributed by atoms with van der Waals surface area (Å²) in [5.74, 6) is -0.292. The lowest BCUT2D eigenvalue weighted by Gasteiger charge is -2.48. The number of ether oxygens (including phenoxy) is 6. The molecule has 17 unspecified atom stereocenters. The number of aliphatic hydroxyl groups excluding tert-OH is 11. The van der Waals surface area contributed by atoms with E-state index < -0.39 is 124 Å². The lowest BCUT2D eigenvalue weighted by atomic mass is 9.96. The van der Waals surface area contributed by atoms with Crippen LogP contribution in [0.5, 0.6) is 0 Å². The highest BCUT2D eigenvalue weighted by molar-refractivity contribution is 5.76. The second kappa shape index (κ2) is 56.9. The lowest BCUT2D eigenvalue weighted by Crippen LogP contribution is -2.66. The molecule has 3 saturated heterocycles. The molecule has 96 heavy (non-hydrogen) atoms. The highest BCUT2D eigenvalue weighted by Crippen LogP contribution is 2.33. The van der Waals surface area contributed by atoms with Crippen LogP contribution in [-0.4, -0.2) is 193 Å². The largest absolute Gasteiger partial charge is 0.394 e. The molecule has 19 heteroatoms. The van der Waals surface area contributed by atoms with E-state index in [9.17, 15) is 61.0 Å². The average Bonchev–Trinajstić information content (AvgIpc) is 0.798. The van der Waals surface area contributed by atoms with Crippen LogP contribution in [0.15, 0.2) is 122 Å². The molecule has 3 heterocycles. The lowest BCUT2D eigenvalue weighted by molar-refractivity contribution is -0.379. The summed E-state index contributed by atoms with van der Waals surface area (Å²) in [5, 5.41) is 121. The van der Waals surface area contributed by atoms with Crippen LogP contribution in [0.2, 0.25) is 0 Å². The van der Waals surface area contributed by atoms with Gasteiger partial charge in [-0.25, -0.2) is 0 Å². The number of rotatable bonds is 55. The minimum atomic E-state index is -1.98. The van der Waals surface area contributed by atoms with Crippen molar-refractivity contribution in [3.63, 3.8) is 0 Å². The number of allylic oxidation sites excluding steroid dienone is 19. The van der Waals surface area contributed by atoms with Crippen LogP contribution in [0.4, 0.5) is 0 Å². The van der Waals surface area contributed by atoms with Gasteiger partial charge in [-0.1, -0.05) is 251 Å². The standard InChI is InChI=1S/C77H129NO18/c1-3-5-7-9-11-13-15-17-19-21-22-23-24-25-26-27-28-29-30-31-32-33-34-35-36-37-38-39-41-43-45-47-49-51-53-55-65(83)78-60(61(82)54-52-50-48-46-44-42-40-20-18-16-14-12-10-8-6-4-2)59-91-75-71(89)68(86)73(63(57-80)93-75)96-77-72(90)69(87)74(64(58-81)94-77)95-76-70(88)67(85)66(84)62(56-79)92-76/h5,7,11,13,17,19,22-23,25-26,28-29,31-32,34-35,37-38,52,54,60-64,66-77,79-82,84-90H,3-4,6,8-10,12,14-16,18,20-21,24,27,30,33,36,39-51,53,55-59H2,1-2H3,(H,78,83)/b7-5-,13-11-,19-17-,23-22-,26-25-,29-28-,32-31-,35-34-,38-37-,54-52+. The first-order valence-electron chi connectivity index (χ1n) is 36.8. The van der Waals surface area contributed by atoms with E-state index in [1.807, 2.05) is 6.08 Å². The summed E-state index contributed by atoms with van der Waals surface area (Å²) >= 11 is 0. The van der Waals surface area contributed by atoms with Gasteiger partial charge in [0.15, 0.2) is 18.9 Å². The maximum absolute atomic E-state index is 13.4. The predicted molar refractivity (Wildman–Crippen MR) is 378 cm³/mol. The van der Waals surface area contributed by atoms with E-state index >= 15 is 0 Å². The second-order valence-electron chi connectivity index (χ2n) is 25.7. The van der Waals surface area contributed by atoms with Crippen LogP contribution < -0.4 is 5.32 Å². The number of amides is 1. The van der Waals surface area contributed by atoms with Crippen molar-refractivity contribution in [1.29, 1.82) is 0 Å². The normalized spacial score (nSPS) is 27.8. The SMILES string of the molecule is CC/C=C\C/C=C\C/C=C\C/C=C\C/C=C\C/C=C\C/C=C\C/C=C\C/C=C\CCCCCCCCCC(=O)NC(COC1OC(CO)C(OC2OC(CO)C(OC3OC(CO)C(O)C(O)C3O)C(O)C2O)C(O)C1O)C(O)/C=C/CCCCCCCCCCCCCCCC. The predicted octanol–water partition coefficient (Wildman–Crippen LogP) is 10.8. The van der Waals surface area contributed by atoms with Gasteiger partial charge in [0.05, 0.1) is 38.6 Å². The van der Waals surface area contributed by atoms with Crippen molar-refractivity contribution in [2.24, 2.45) is 0 Å². The van der Waals surface area contributed by atoms with Gasteiger partial charge < -0.3 is 89.9 Å². The van der Waals surface area contributed by atoms with Crippen LogP contribution in [0.3, 0.4) is 0 Å². The van der Waals surface area contributed by atoms with Crippen molar-refractivity contribution in [1.82, 2.24) is 5.32 Å². The zero-order valence-electron chi connectivity index (χ0n) is 58.3. The molecule has 0 aromatic heterocycles. The van der Waals surface area contributed by atoms with Gasteiger partial charge in [0.2, 0.25) is 5.91 Å². The van der Waals surface area contributed by atoms with Crippen LogP contribution in [0.25, 0.3) is 0 Å². The molecule has 3 aliphatic rings. The molecular formula is C77H129NO18. The van der Waals surface area contributed by atoms with E-state index in [2.05, 4.69) is 129 Å². The molecule has 12 N–H and O–H groups in total. The number of hydrogen-bond donors (Lipinski definition) is 12. The van der Waals surface area contributed by atoms with Crippen molar-refractivity contribution in [2.75, 3.05) is 26.4 Å². The van der Waals surface area contributed by atoms with Gasteiger partial charge >= 0.3 is 0 Å². The Kier molecular flexibility index (Phi) is 51.2. The molecule has 0 aromatic carbocycles. The van der Waals surface area contributed by atoms with Gasteiger partial charge in [-0.2, -0.15) is 0 Å². The second-order valence-corrected chi connectivity index (χ2v) is 25.7. The summed E-state index contributed by atoms with van der Waals surface area (Å²) in [5.41, 5.74) is 0. The zero-order valence-corrected chi connectivity index (χ0v) is 58.3. The first-order chi connectivity index (χ1) is 46.8. The van der Waals surface area contributed by atoms with Gasteiger partial charge in [-0.3, -0.25) is 4.79 Å². The number of hydrogen-bond acceptors (Lipinski definition) is 18. The zero-order chi connectivity index (χ0) is 69.6. The number of aliphatic hydroxyl groups is 11. The Labute approximate surface area is 576 Å². The van der Waals surface area contributed by atoms with Crippen molar-refractivity contribution >= 4 is 5.91 Å². The first-order valence-corrected chi connectivity index (χ1v) is 36.8. The van der Waals surface area contributed by atoms with E-state index in [1.54, 1.807) is 6.08 Å². The third-order valence-corrected chi connectivity index (χ3v) is 17.5. The highest BCUT2D eigenvalue weighted by Gasteiger charge is 2.53. The molecule has 3 aliphatic heterocycles. The fraction of sp³-hybridized carbons (Fsp3) is 0.727. The van der Waals surface area contributed by atoms with Crippen molar-refractivity contribution in [3.8, 4) is 0 Å². The van der Waals surface area contributed by atoms with Crippen LogP contribution in [-0.2, 0) is 33.2 Å². The van der Waals surface area contributed by atoms with E-state index in [4.69, 9.17) is 28.4 Å². The topological polar surface area (TPSA) is 307 Å². The maximum atomic E-state index is 13.4. The van der Waals surface area contributed by atoms with Crippen molar-refractivity contribution in [3.05, 3.63) is 122 Å². The molecule has 3 fully saturated rings. The summed E-state index contributed by atoms with van der Waals surface area (Å²) < 4.78 is 34.4. The van der Waals surface area contributed by atoms with E-state index in [0.29, 0.717) is 6.42 Å².